The number of aliphatic hydroxyl groups excluding tert-OH is 2. The van der Waals surface area contributed by atoms with E-state index in [4.69, 9.17) is 0 Å². The topological polar surface area (TPSA) is 56.1 Å². The van der Waals surface area contributed by atoms with Crippen molar-refractivity contribution in [3.05, 3.63) is 82.7 Å². The summed E-state index contributed by atoms with van der Waals surface area (Å²) in [5, 5.41) is 21.5. The zero-order valence-corrected chi connectivity index (χ0v) is 16.9. The SMILES string of the molecule is C/C=C\C1=C(/C=C(\C)C(C)CC(O)N2C=CN=CC2)C(O)c2ccccc2C1. The summed E-state index contributed by atoms with van der Waals surface area (Å²) in [6.07, 6.45) is 11.8. The van der Waals surface area contributed by atoms with E-state index in [9.17, 15) is 10.2 Å². The fourth-order valence-electron chi connectivity index (χ4n) is 3.77. The highest BCUT2D eigenvalue weighted by molar-refractivity contribution is 5.61. The third kappa shape index (κ3) is 4.51. The van der Waals surface area contributed by atoms with E-state index >= 15 is 0 Å². The molecule has 0 bridgehead atoms. The molecule has 1 heterocycles. The number of hydrogen-bond donors (Lipinski definition) is 2. The Morgan fingerprint density at radius 1 is 1.36 bits per heavy atom. The minimum Gasteiger partial charge on any atom is -0.384 e. The Morgan fingerprint density at radius 2 is 2.14 bits per heavy atom. The van der Waals surface area contributed by atoms with Crippen LogP contribution in [0.25, 0.3) is 0 Å². The van der Waals surface area contributed by atoms with Crippen molar-refractivity contribution in [3.63, 3.8) is 0 Å². The van der Waals surface area contributed by atoms with Gasteiger partial charge in [-0.05, 0) is 54.9 Å². The van der Waals surface area contributed by atoms with Crippen LogP contribution < -0.4 is 0 Å². The summed E-state index contributed by atoms with van der Waals surface area (Å²) in [5.41, 5.74) is 5.43. The van der Waals surface area contributed by atoms with Crippen LogP contribution in [0.2, 0.25) is 0 Å². The minimum absolute atomic E-state index is 0.186. The summed E-state index contributed by atoms with van der Waals surface area (Å²) in [6.45, 7) is 6.83. The number of nitrogens with zero attached hydrogens (tertiary/aromatic N) is 2. The van der Waals surface area contributed by atoms with Gasteiger partial charge in [-0.25, -0.2) is 0 Å². The predicted molar refractivity (Wildman–Crippen MR) is 115 cm³/mol. The Bertz CT molecular complexity index is 848. The molecule has 0 aromatic heterocycles. The molecule has 0 radical (unpaired) electrons. The number of fused-ring (bicyclic) bond motifs is 1. The van der Waals surface area contributed by atoms with Crippen LogP contribution in [-0.2, 0) is 6.42 Å². The van der Waals surface area contributed by atoms with Gasteiger partial charge in [0.15, 0.2) is 0 Å². The molecule has 0 saturated heterocycles. The normalized spacial score (nSPS) is 22.0. The highest BCUT2D eigenvalue weighted by atomic mass is 16.3. The van der Waals surface area contributed by atoms with E-state index in [1.54, 1.807) is 12.4 Å². The van der Waals surface area contributed by atoms with E-state index in [-0.39, 0.29) is 5.92 Å². The average Bonchev–Trinajstić information content (AvgIpc) is 2.71. The Labute approximate surface area is 167 Å². The van der Waals surface area contributed by atoms with Crippen molar-refractivity contribution in [2.45, 2.75) is 45.9 Å². The molecule has 1 aromatic rings. The second-order valence-electron chi connectivity index (χ2n) is 7.59. The van der Waals surface area contributed by atoms with Crippen LogP contribution in [0, 0.1) is 5.92 Å². The van der Waals surface area contributed by atoms with Gasteiger partial charge in [-0.3, -0.25) is 4.99 Å². The molecule has 4 nitrogen and oxygen atoms in total. The fraction of sp³-hybridized carbons (Fsp3) is 0.375. The van der Waals surface area contributed by atoms with Gasteiger partial charge in [0.05, 0.1) is 6.54 Å². The lowest BCUT2D eigenvalue weighted by Gasteiger charge is -2.29. The summed E-state index contributed by atoms with van der Waals surface area (Å²) in [6, 6.07) is 8.09. The zero-order chi connectivity index (χ0) is 20.1. The second-order valence-corrected chi connectivity index (χ2v) is 7.59. The summed E-state index contributed by atoms with van der Waals surface area (Å²) in [4.78, 5) is 5.93. The molecule has 0 spiro atoms. The van der Waals surface area contributed by atoms with Gasteiger partial charge < -0.3 is 15.1 Å². The molecule has 148 valence electrons. The first-order chi connectivity index (χ1) is 13.5. The van der Waals surface area contributed by atoms with Crippen LogP contribution >= 0.6 is 0 Å². The molecule has 1 aliphatic heterocycles. The number of hydrogen-bond acceptors (Lipinski definition) is 4. The van der Waals surface area contributed by atoms with Gasteiger partial charge in [-0.2, -0.15) is 0 Å². The van der Waals surface area contributed by atoms with Crippen LogP contribution in [0.15, 0.2) is 76.6 Å². The standard InChI is InChI=1S/C24H30N2O2/c1-4-7-19-16-20-8-5-6-9-21(20)24(28)22(19)14-17(2)18(3)15-23(27)26-12-10-25-11-13-26/h4-12,14,18,23-24,27-28H,13,15-16H2,1-3H3/b7-4-,17-14+. The summed E-state index contributed by atoms with van der Waals surface area (Å²) >= 11 is 0. The average molecular weight is 379 g/mol. The number of aliphatic hydroxyl groups is 2. The highest BCUT2D eigenvalue weighted by Gasteiger charge is 2.24. The van der Waals surface area contributed by atoms with Gasteiger partial charge in [-0.1, -0.05) is 55.0 Å². The third-order valence-electron chi connectivity index (χ3n) is 5.61. The molecule has 28 heavy (non-hydrogen) atoms. The minimum atomic E-state index is -0.621. The first-order valence-electron chi connectivity index (χ1n) is 9.93. The number of benzene rings is 1. The van der Waals surface area contributed by atoms with Crippen LogP contribution in [0.4, 0.5) is 0 Å². The molecular weight excluding hydrogens is 348 g/mol. The smallest absolute Gasteiger partial charge is 0.127 e. The van der Waals surface area contributed by atoms with Gasteiger partial charge in [-0.15, -0.1) is 0 Å². The van der Waals surface area contributed by atoms with Gasteiger partial charge >= 0.3 is 0 Å². The number of aliphatic imine (C=N–C) groups is 1. The van der Waals surface area contributed by atoms with E-state index in [1.807, 2.05) is 42.3 Å². The van der Waals surface area contributed by atoms with E-state index in [1.165, 1.54) is 5.56 Å². The van der Waals surface area contributed by atoms with Crippen molar-refractivity contribution in [1.29, 1.82) is 0 Å². The van der Waals surface area contributed by atoms with Crippen molar-refractivity contribution in [1.82, 2.24) is 4.90 Å². The van der Waals surface area contributed by atoms with Gasteiger partial charge in [0, 0.05) is 18.6 Å². The van der Waals surface area contributed by atoms with E-state index < -0.39 is 12.3 Å². The van der Waals surface area contributed by atoms with Crippen molar-refractivity contribution >= 4 is 6.21 Å². The molecule has 3 atom stereocenters. The van der Waals surface area contributed by atoms with E-state index in [2.05, 4.69) is 37.1 Å². The van der Waals surface area contributed by atoms with Crippen molar-refractivity contribution in [2.75, 3.05) is 6.54 Å². The first-order valence-corrected chi connectivity index (χ1v) is 9.93. The predicted octanol–water partition coefficient (Wildman–Crippen LogP) is 4.30. The summed E-state index contributed by atoms with van der Waals surface area (Å²) in [5.74, 6) is 0.186. The summed E-state index contributed by atoms with van der Waals surface area (Å²) in [7, 11) is 0. The van der Waals surface area contributed by atoms with Crippen molar-refractivity contribution < 1.29 is 10.2 Å². The van der Waals surface area contributed by atoms with Crippen molar-refractivity contribution in [2.24, 2.45) is 10.9 Å². The Balaban J connectivity index is 1.80. The number of allylic oxidation sites excluding steroid dienone is 4. The molecule has 2 N–H and O–H groups in total. The third-order valence-corrected chi connectivity index (χ3v) is 5.61. The molecule has 3 unspecified atom stereocenters. The van der Waals surface area contributed by atoms with Crippen LogP contribution in [-0.4, -0.2) is 34.1 Å². The molecular formula is C24H30N2O2. The molecule has 0 saturated carbocycles. The lowest BCUT2D eigenvalue weighted by atomic mass is 9.82. The Hall–Kier alpha value is -2.43. The van der Waals surface area contributed by atoms with Crippen molar-refractivity contribution in [3.8, 4) is 0 Å². The molecule has 3 rings (SSSR count). The molecule has 1 aliphatic carbocycles. The van der Waals surface area contributed by atoms with Crippen LogP contribution in [0.5, 0.6) is 0 Å². The van der Waals surface area contributed by atoms with Gasteiger partial charge in [0.25, 0.3) is 0 Å². The fourth-order valence-corrected chi connectivity index (χ4v) is 3.77. The maximum atomic E-state index is 11.0. The Kier molecular flexibility index (Phi) is 6.65. The first kappa shape index (κ1) is 20.3. The molecule has 0 fully saturated rings. The maximum Gasteiger partial charge on any atom is 0.127 e. The zero-order valence-electron chi connectivity index (χ0n) is 16.9. The molecule has 2 aliphatic rings. The van der Waals surface area contributed by atoms with Crippen LogP contribution in [0.3, 0.4) is 0 Å². The van der Waals surface area contributed by atoms with E-state index in [0.29, 0.717) is 13.0 Å². The lowest BCUT2D eigenvalue weighted by Crippen LogP contribution is -2.34. The second kappa shape index (κ2) is 9.18. The maximum absolute atomic E-state index is 11.0. The molecule has 4 heteroatoms. The molecule has 0 amide bonds. The van der Waals surface area contributed by atoms with Gasteiger partial charge in [0.2, 0.25) is 0 Å². The monoisotopic (exact) mass is 378 g/mol. The number of rotatable bonds is 6. The quantitative estimate of drug-likeness (QED) is 0.776. The lowest BCUT2D eigenvalue weighted by molar-refractivity contribution is 0.0316. The Morgan fingerprint density at radius 3 is 2.86 bits per heavy atom. The summed E-state index contributed by atoms with van der Waals surface area (Å²) < 4.78 is 0. The largest absolute Gasteiger partial charge is 0.384 e. The molecule has 1 aromatic carbocycles. The van der Waals surface area contributed by atoms with Gasteiger partial charge in [0.1, 0.15) is 12.3 Å². The van der Waals surface area contributed by atoms with E-state index in [0.717, 1.165) is 28.7 Å². The highest BCUT2D eigenvalue weighted by Crippen LogP contribution is 2.37. The van der Waals surface area contributed by atoms with Crippen LogP contribution in [0.1, 0.15) is 44.4 Å².